The standard InChI is InChI=1S/C14H15FN2O2S/c1-9(13(18)19)7-17(2)14-16-12(8-20-14)10-5-3-4-6-11(10)15/h3-6,8-9H,7H2,1-2H3,(H,18,19). The van der Waals surface area contributed by atoms with Crippen LogP contribution >= 0.6 is 11.3 Å². The molecule has 0 aliphatic rings. The molecule has 1 unspecified atom stereocenters. The summed E-state index contributed by atoms with van der Waals surface area (Å²) in [6, 6.07) is 6.46. The van der Waals surface area contributed by atoms with Crippen LogP contribution in [0.2, 0.25) is 0 Å². The van der Waals surface area contributed by atoms with Gasteiger partial charge in [0.25, 0.3) is 0 Å². The van der Waals surface area contributed by atoms with Gasteiger partial charge in [-0.3, -0.25) is 4.79 Å². The summed E-state index contributed by atoms with van der Waals surface area (Å²) in [6.07, 6.45) is 0. The van der Waals surface area contributed by atoms with Crippen molar-refractivity contribution >= 4 is 22.4 Å². The molecule has 1 aromatic heterocycles. The second-order valence-electron chi connectivity index (χ2n) is 4.61. The van der Waals surface area contributed by atoms with Crippen LogP contribution in [-0.2, 0) is 4.79 Å². The van der Waals surface area contributed by atoms with E-state index in [1.54, 1.807) is 42.5 Å². The number of aliphatic carboxylic acids is 1. The lowest BCUT2D eigenvalue weighted by Crippen LogP contribution is -2.28. The molecule has 2 aromatic rings. The maximum Gasteiger partial charge on any atom is 0.308 e. The Morgan fingerprint density at radius 3 is 2.85 bits per heavy atom. The summed E-state index contributed by atoms with van der Waals surface area (Å²) in [5.74, 6) is -1.64. The first kappa shape index (κ1) is 14.5. The van der Waals surface area contributed by atoms with Crippen molar-refractivity contribution in [3.05, 3.63) is 35.5 Å². The van der Waals surface area contributed by atoms with Gasteiger partial charge in [0.1, 0.15) is 5.82 Å². The zero-order chi connectivity index (χ0) is 14.7. The van der Waals surface area contributed by atoms with E-state index in [1.165, 1.54) is 17.4 Å². The minimum atomic E-state index is -0.845. The van der Waals surface area contributed by atoms with Gasteiger partial charge in [0.05, 0.1) is 11.6 Å². The molecule has 0 spiro atoms. The Balaban J connectivity index is 2.17. The van der Waals surface area contributed by atoms with Crippen LogP contribution in [0.5, 0.6) is 0 Å². The number of anilines is 1. The topological polar surface area (TPSA) is 53.4 Å². The number of nitrogens with zero attached hydrogens (tertiary/aromatic N) is 2. The summed E-state index contributed by atoms with van der Waals surface area (Å²) < 4.78 is 13.7. The SMILES string of the molecule is CC(CN(C)c1nc(-c2ccccc2F)cs1)C(=O)O. The summed E-state index contributed by atoms with van der Waals surface area (Å²) in [7, 11) is 1.78. The molecular weight excluding hydrogens is 279 g/mol. The molecule has 0 saturated carbocycles. The summed E-state index contributed by atoms with van der Waals surface area (Å²) in [5.41, 5.74) is 1.02. The van der Waals surface area contributed by atoms with Crippen molar-refractivity contribution in [1.82, 2.24) is 4.98 Å². The summed E-state index contributed by atoms with van der Waals surface area (Å²) in [6.45, 7) is 2.00. The number of rotatable bonds is 5. The largest absolute Gasteiger partial charge is 0.481 e. The highest BCUT2D eigenvalue weighted by Crippen LogP contribution is 2.28. The van der Waals surface area contributed by atoms with E-state index in [-0.39, 0.29) is 5.82 Å². The summed E-state index contributed by atoms with van der Waals surface area (Å²) in [5, 5.41) is 11.4. The van der Waals surface area contributed by atoms with Crippen molar-refractivity contribution in [3.63, 3.8) is 0 Å². The predicted octanol–water partition coefficient (Wildman–Crippen LogP) is 3.11. The Labute approximate surface area is 120 Å². The first-order valence-electron chi connectivity index (χ1n) is 6.13. The molecule has 0 aliphatic heterocycles. The molecule has 1 atom stereocenters. The molecule has 2 rings (SSSR count). The third kappa shape index (κ3) is 3.14. The fourth-order valence-electron chi connectivity index (χ4n) is 1.80. The molecule has 4 nitrogen and oxygen atoms in total. The van der Waals surface area contributed by atoms with Gasteiger partial charge in [-0.1, -0.05) is 19.1 Å². The number of thiazole rings is 1. The van der Waals surface area contributed by atoms with Gasteiger partial charge in [0.2, 0.25) is 0 Å². The Morgan fingerprint density at radius 2 is 2.20 bits per heavy atom. The van der Waals surface area contributed by atoms with Crippen LogP contribution in [-0.4, -0.2) is 29.7 Å². The Morgan fingerprint density at radius 1 is 1.50 bits per heavy atom. The Kier molecular flexibility index (Phi) is 4.34. The number of carboxylic acids is 1. The molecule has 0 bridgehead atoms. The number of benzene rings is 1. The number of carbonyl (C=O) groups is 1. The number of carboxylic acid groups (broad SMARTS) is 1. The van der Waals surface area contributed by atoms with Crippen molar-refractivity contribution in [2.75, 3.05) is 18.5 Å². The highest BCUT2D eigenvalue weighted by molar-refractivity contribution is 7.14. The van der Waals surface area contributed by atoms with Gasteiger partial charge in [0.15, 0.2) is 5.13 Å². The maximum atomic E-state index is 13.7. The van der Waals surface area contributed by atoms with Crippen LogP contribution in [0.25, 0.3) is 11.3 Å². The first-order chi connectivity index (χ1) is 9.49. The molecular formula is C14H15FN2O2S. The minimum absolute atomic E-state index is 0.314. The lowest BCUT2D eigenvalue weighted by molar-refractivity contribution is -0.140. The van der Waals surface area contributed by atoms with Gasteiger partial charge < -0.3 is 10.0 Å². The fourth-order valence-corrected chi connectivity index (χ4v) is 2.60. The quantitative estimate of drug-likeness (QED) is 0.920. The molecule has 20 heavy (non-hydrogen) atoms. The third-order valence-electron chi connectivity index (χ3n) is 2.94. The van der Waals surface area contributed by atoms with Gasteiger partial charge in [0, 0.05) is 24.5 Å². The van der Waals surface area contributed by atoms with Crippen molar-refractivity contribution in [3.8, 4) is 11.3 Å². The van der Waals surface area contributed by atoms with Gasteiger partial charge in [-0.15, -0.1) is 11.3 Å². The molecule has 0 fully saturated rings. The molecule has 0 amide bonds. The van der Waals surface area contributed by atoms with Gasteiger partial charge >= 0.3 is 5.97 Å². The van der Waals surface area contributed by atoms with Gasteiger partial charge in [-0.2, -0.15) is 0 Å². The predicted molar refractivity (Wildman–Crippen MR) is 77.6 cm³/mol. The average molecular weight is 294 g/mol. The van der Waals surface area contributed by atoms with E-state index in [0.717, 1.165) is 0 Å². The normalized spacial score (nSPS) is 12.2. The average Bonchev–Trinajstić information content (AvgIpc) is 2.88. The fraction of sp³-hybridized carbons (Fsp3) is 0.286. The lowest BCUT2D eigenvalue weighted by Gasteiger charge is -2.17. The molecule has 106 valence electrons. The maximum absolute atomic E-state index is 13.7. The van der Waals surface area contributed by atoms with E-state index in [1.807, 2.05) is 0 Å². The van der Waals surface area contributed by atoms with Crippen LogP contribution in [0.15, 0.2) is 29.6 Å². The zero-order valence-electron chi connectivity index (χ0n) is 11.2. The molecule has 0 radical (unpaired) electrons. The number of hydrogen-bond donors (Lipinski definition) is 1. The Hall–Kier alpha value is -1.95. The Bertz CT molecular complexity index is 615. The molecule has 1 aromatic carbocycles. The van der Waals surface area contributed by atoms with Crippen molar-refractivity contribution in [1.29, 1.82) is 0 Å². The number of hydrogen-bond acceptors (Lipinski definition) is 4. The molecule has 0 saturated heterocycles. The van der Waals surface area contributed by atoms with Crippen LogP contribution < -0.4 is 4.90 Å². The summed E-state index contributed by atoms with van der Waals surface area (Å²) in [4.78, 5) is 17.0. The van der Waals surface area contributed by atoms with Crippen LogP contribution in [0.1, 0.15) is 6.92 Å². The van der Waals surface area contributed by atoms with Crippen LogP contribution in [0.3, 0.4) is 0 Å². The molecule has 6 heteroatoms. The van der Waals surface area contributed by atoms with Crippen molar-refractivity contribution in [2.45, 2.75) is 6.92 Å². The highest BCUT2D eigenvalue weighted by Gasteiger charge is 2.17. The number of halogens is 1. The lowest BCUT2D eigenvalue weighted by atomic mass is 10.1. The van der Waals surface area contributed by atoms with Crippen LogP contribution in [0, 0.1) is 11.7 Å². The van der Waals surface area contributed by atoms with Crippen LogP contribution in [0.4, 0.5) is 9.52 Å². The second kappa shape index (κ2) is 6.00. The smallest absolute Gasteiger partial charge is 0.308 e. The molecule has 0 aliphatic carbocycles. The minimum Gasteiger partial charge on any atom is -0.481 e. The van der Waals surface area contributed by atoms with E-state index in [2.05, 4.69) is 4.98 Å². The number of aromatic nitrogens is 1. The monoisotopic (exact) mass is 294 g/mol. The van der Waals surface area contributed by atoms with Crippen molar-refractivity contribution in [2.24, 2.45) is 5.92 Å². The van der Waals surface area contributed by atoms with Gasteiger partial charge in [-0.25, -0.2) is 9.37 Å². The van der Waals surface area contributed by atoms with E-state index >= 15 is 0 Å². The van der Waals surface area contributed by atoms with E-state index in [9.17, 15) is 9.18 Å². The first-order valence-corrected chi connectivity index (χ1v) is 7.01. The summed E-state index contributed by atoms with van der Waals surface area (Å²) >= 11 is 1.37. The van der Waals surface area contributed by atoms with Gasteiger partial charge in [-0.05, 0) is 12.1 Å². The molecule has 1 N–H and O–H groups in total. The molecule has 1 heterocycles. The van der Waals surface area contributed by atoms with E-state index in [0.29, 0.717) is 22.9 Å². The second-order valence-corrected chi connectivity index (χ2v) is 5.45. The van der Waals surface area contributed by atoms with E-state index in [4.69, 9.17) is 5.11 Å². The van der Waals surface area contributed by atoms with Crippen molar-refractivity contribution < 1.29 is 14.3 Å². The third-order valence-corrected chi connectivity index (χ3v) is 3.89. The highest BCUT2D eigenvalue weighted by atomic mass is 32.1. The van der Waals surface area contributed by atoms with E-state index < -0.39 is 11.9 Å². The zero-order valence-corrected chi connectivity index (χ0v) is 12.0.